The molecule has 1 unspecified atom stereocenters. The molecule has 2 aliphatic rings. The van der Waals surface area contributed by atoms with Crippen LogP contribution in [0.5, 0.6) is 5.75 Å². The summed E-state index contributed by atoms with van der Waals surface area (Å²) in [5.41, 5.74) is 2.51. The molecule has 6 nitrogen and oxygen atoms in total. The van der Waals surface area contributed by atoms with Gasteiger partial charge in [0.1, 0.15) is 22.7 Å². The van der Waals surface area contributed by atoms with Crippen LogP contribution in [0.1, 0.15) is 29.8 Å². The number of halogens is 2. The summed E-state index contributed by atoms with van der Waals surface area (Å²) in [6, 6.07) is 6.17. The Labute approximate surface area is 161 Å². The summed E-state index contributed by atoms with van der Waals surface area (Å²) in [5, 5.41) is 9.77. The monoisotopic (exact) mass is 391 g/mol. The van der Waals surface area contributed by atoms with Crippen molar-refractivity contribution in [2.24, 2.45) is 0 Å². The van der Waals surface area contributed by atoms with Crippen LogP contribution < -0.4 is 20.7 Å². The molecule has 0 bridgehead atoms. The standard InChI is InChI=1S/C19H19ClFN3O3/c1-19(2)8-10-14-13(7-9(16(10)27-19)17(25)26-3)22-18(23-14)24-15-11(20)5-4-6-12(15)21/h4-7,18,22-24H,8H2,1-3H3. The maximum absolute atomic E-state index is 14.1. The predicted molar refractivity (Wildman–Crippen MR) is 102 cm³/mol. The van der Waals surface area contributed by atoms with Crippen molar-refractivity contribution in [1.29, 1.82) is 0 Å². The lowest BCUT2D eigenvalue weighted by atomic mass is 9.98. The SMILES string of the molecule is COC(=O)c1cc2c(c3c1OC(C)(C)C3)NC(Nc1c(F)cccc1Cl)N2. The Morgan fingerprint density at radius 1 is 1.41 bits per heavy atom. The van der Waals surface area contributed by atoms with E-state index < -0.39 is 23.7 Å². The normalized spacial score (nSPS) is 18.6. The van der Waals surface area contributed by atoms with Gasteiger partial charge < -0.3 is 25.4 Å². The van der Waals surface area contributed by atoms with E-state index in [4.69, 9.17) is 21.1 Å². The average Bonchev–Trinajstić information content (AvgIpc) is 3.15. The van der Waals surface area contributed by atoms with E-state index in [0.717, 1.165) is 11.3 Å². The van der Waals surface area contributed by atoms with Crippen molar-refractivity contribution < 1.29 is 18.7 Å². The van der Waals surface area contributed by atoms with Gasteiger partial charge in [0, 0.05) is 12.0 Å². The van der Waals surface area contributed by atoms with Crippen LogP contribution >= 0.6 is 11.6 Å². The van der Waals surface area contributed by atoms with Crippen molar-refractivity contribution in [3.8, 4) is 5.75 Å². The highest BCUT2D eigenvalue weighted by molar-refractivity contribution is 6.33. The van der Waals surface area contributed by atoms with Crippen LogP contribution in [0, 0.1) is 5.82 Å². The third kappa shape index (κ3) is 3.02. The summed E-state index contributed by atoms with van der Waals surface area (Å²) < 4.78 is 25.0. The summed E-state index contributed by atoms with van der Waals surface area (Å²) in [7, 11) is 1.33. The molecule has 0 spiro atoms. The van der Waals surface area contributed by atoms with E-state index in [1.807, 2.05) is 13.8 Å². The van der Waals surface area contributed by atoms with E-state index >= 15 is 0 Å². The molecule has 3 N–H and O–H groups in total. The molecular weight excluding hydrogens is 373 g/mol. The number of esters is 1. The van der Waals surface area contributed by atoms with Gasteiger partial charge in [0.15, 0.2) is 6.29 Å². The van der Waals surface area contributed by atoms with Crippen molar-refractivity contribution in [3.63, 3.8) is 0 Å². The number of carbonyl (C=O) groups excluding carboxylic acids is 1. The molecule has 0 radical (unpaired) electrons. The lowest BCUT2D eigenvalue weighted by Gasteiger charge is -2.18. The second-order valence-corrected chi connectivity index (χ2v) is 7.55. The number of hydrogen-bond donors (Lipinski definition) is 3. The van der Waals surface area contributed by atoms with Crippen molar-refractivity contribution in [1.82, 2.24) is 0 Å². The third-order valence-corrected chi connectivity index (χ3v) is 4.92. The Bertz CT molecular complexity index is 928. The Hall–Kier alpha value is -2.67. The first-order valence-corrected chi connectivity index (χ1v) is 8.88. The first-order valence-electron chi connectivity index (χ1n) is 8.50. The average molecular weight is 392 g/mol. The molecule has 0 amide bonds. The van der Waals surface area contributed by atoms with Gasteiger partial charge in [-0.05, 0) is 32.0 Å². The molecule has 2 aliphatic heterocycles. The molecule has 1 atom stereocenters. The topological polar surface area (TPSA) is 71.6 Å². The molecule has 2 aromatic rings. The van der Waals surface area contributed by atoms with Gasteiger partial charge in [0.25, 0.3) is 0 Å². The number of nitrogens with one attached hydrogen (secondary N) is 3. The molecule has 4 rings (SSSR count). The highest BCUT2D eigenvalue weighted by Crippen LogP contribution is 2.48. The van der Waals surface area contributed by atoms with Crippen LogP contribution in [0.25, 0.3) is 0 Å². The smallest absolute Gasteiger partial charge is 0.341 e. The molecule has 0 saturated carbocycles. The van der Waals surface area contributed by atoms with E-state index in [0.29, 0.717) is 23.4 Å². The number of para-hydroxylation sites is 1. The lowest BCUT2D eigenvalue weighted by molar-refractivity contribution is 0.0590. The number of fused-ring (bicyclic) bond motifs is 3. The third-order valence-electron chi connectivity index (χ3n) is 4.60. The van der Waals surface area contributed by atoms with Crippen molar-refractivity contribution in [2.75, 3.05) is 23.1 Å². The molecule has 0 aliphatic carbocycles. The zero-order valence-corrected chi connectivity index (χ0v) is 15.8. The molecule has 142 valence electrons. The molecule has 0 fully saturated rings. The summed E-state index contributed by atoms with van der Waals surface area (Å²) in [6.07, 6.45) is 0.118. The van der Waals surface area contributed by atoms with Crippen molar-refractivity contribution in [2.45, 2.75) is 32.2 Å². The minimum absolute atomic E-state index is 0.193. The molecule has 2 aromatic carbocycles. The quantitative estimate of drug-likeness (QED) is 0.681. The highest BCUT2D eigenvalue weighted by Gasteiger charge is 2.39. The van der Waals surface area contributed by atoms with E-state index in [1.165, 1.54) is 13.2 Å². The minimum Gasteiger partial charge on any atom is -0.486 e. The van der Waals surface area contributed by atoms with Gasteiger partial charge in [-0.1, -0.05) is 17.7 Å². The number of ether oxygens (including phenoxy) is 2. The maximum Gasteiger partial charge on any atom is 0.341 e. The Morgan fingerprint density at radius 3 is 2.89 bits per heavy atom. The zero-order valence-electron chi connectivity index (χ0n) is 15.1. The highest BCUT2D eigenvalue weighted by atomic mass is 35.5. The number of benzene rings is 2. The predicted octanol–water partition coefficient (Wildman–Crippen LogP) is 4.21. The largest absolute Gasteiger partial charge is 0.486 e. The van der Waals surface area contributed by atoms with E-state index in [-0.39, 0.29) is 10.7 Å². The van der Waals surface area contributed by atoms with Crippen LogP contribution in [-0.4, -0.2) is 25.0 Å². The number of methoxy groups -OCH3 is 1. The minimum atomic E-state index is -0.505. The summed E-state index contributed by atoms with van der Waals surface area (Å²) >= 11 is 6.10. The first-order chi connectivity index (χ1) is 12.8. The second-order valence-electron chi connectivity index (χ2n) is 7.15. The molecule has 2 heterocycles. The summed E-state index contributed by atoms with van der Waals surface area (Å²) in [6.45, 7) is 3.91. The van der Waals surface area contributed by atoms with Crippen LogP contribution in [0.4, 0.5) is 21.5 Å². The molecule has 0 aromatic heterocycles. The van der Waals surface area contributed by atoms with Crippen LogP contribution in [0.3, 0.4) is 0 Å². The second kappa shape index (κ2) is 6.20. The van der Waals surface area contributed by atoms with Gasteiger partial charge in [-0.3, -0.25) is 0 Å². The zero-order chi connectivity index (χ0) is 19.3. The Kier molecular flexibility index (Phi) is 4.07. The maximum atomic E-state index is 14.1. The van der Waals surface area contributed by atoms with Gasteiger partial charge in [-0.25, -0.2) is 9.18 Å². The van der Waals surface area contributed by atoms with Crippen LogP contribution in [0.2, 0.25) is 5.02 Å². The Balaban J connectivity index is 1.69. The molecule has 0 saturated heterocycles. The fraction of sp³-hybridized carbons (Fsp3) is 0.316. The van der Waals surface area contributed by atoms with Crippen molar-refractivity contribution in [3.05, 3.63) is 46.2 Å². The molecular formula is C19H19ClFN3O3. The number of anilines is 3. The fourth-order valence-electron chi connectivity index (χ4n) is 3.47. The van der Waals surface area contributed by atoms with Crippen LogP contribution in [-0.2, 0) is 11.2 Å². The summed E-state index contributed by atoms with van der Waals surface area (Å²) in [4.78, 5) is 12.2. The van der Waals surface area contributed by atoms with Crippen LogP contribution in [0.15, 0.2) is 24.3 Å². The van der Waals surface area contributed by atoms with Gasteiger partial charge in [0.2, 0.25) is 0 Å². The van der Waals surface area contributed by atoms with E-state index in [9.17, 15) is 9.18 Å². The van der Waals surface area contributed by atoms with Crippen molar-refractivity contribution >= 4 is 34.6 Å². The van der Waals surface area contributed by atoms with Gasteiger partial charge in [-0.15, -0.1) is 0 Å². The van der Waals surface area contributed by atoms with Gasteiger partial charge in [0.05, 0.1) is 29.2 Å². The Morgan fingerprint density at radius 2 is 2.19 bits per heavy atom. The number of hydrogen-bond acceptors (Lipinski definition) is 6. The van der Waals surface area contributed by atoms with Gasteiger partial charge >= 0.3 is 5.97 Å². The molecule has 8 heteroatoms. The fourth-order valence-corrected chi connectivity index (χ4v) is 3.69. The summed E-state index contributed by atoms with van der Waals surface area (Å²) in [5.74, 6) is -0.404. The van der Waals surface area contributed by atoms with E-state index in [1.54, 1.807) is 18.2 Å². The number of rotatable bonds is 3. The van der Waals surface area contributed by atoms with Gasteiger partial charge in [-0.2, -0.15) is 0 Å². The van der Waals surface area contributed by atoms with E-state index in [2.05, 4.69) is 16.0 Å². The molecule has 27 heavy (non-hydrogen) atoms. The number of carbonyl (C=O) groups is 1. The first kappa shape index (κ1) is 17.7. The lowest BCUT2D eigenvalue weighted by Crippen LogP contribution is -2.32.